The molecule has 0 spiro atoms. The van der Waals surface area contributed by atoms with E-state index in [0.717, 1.165) is 22.6 Å². The fourth-order valence-electron chi connectivity index (χ4n) is 5.13. The zero-order valence-corrected chi connectivity index (χ0v) is 33.6. The van der Waals surface area contributed by atoms with Gasteiger partial charge in [-0.1, -0.05) is 24.3 Å². The Labute approximate surface area is 337 Å². The van der Waals surface area contributed by atoms with Gasteiger partial charge in [0.15, 0.2) is 0 Å². The van der Waals surface area contributed by atoms with Gasteiger partial charge in [-0.15, -0.1) is 21.6 Å². The molecule has 2 rings (SSSR count). The lowest BCUT2D eigenvalue weighted by Crippen LogP contribution is -2.32. The molecule has 1 heterocycles. The molecule has 0 aliphatic heterocycles. The van der Waals surface area contributed by atoms with E-state index in [1.54, 1.807) is 51.1 Å². The first-order valence-electron chi connectivity index (χ1n) is 18.4. The van der Waals surface area contributed by atoms with Crippen LogP contribution in [0.25, 0.3) is 4.85 Å². The van der Waals surface area contributed by atoms with E-state index >= 15 is 0 Å². The van der Waals surface area contributed by atoms with Crippen LogP contribution < -0.4 is 4.90 Å². The molecule has 16 nitrogen and oxygen atoms in total. The van der Waals surface area contributed by atoms with Crippen LogP contribution in [0.5, 0.6) is 0 Å². The zero-order chi connectivity index (χ0) is 42.0. The highest BCUT2D eigenvalue weighted by atomic mass is 32.1. The number of nitrogens with zero attached hydrogens (tertiary/aromatic N) is 5. The highest BCUT2D eigenvalue weighted by Crippen LogP contribution is 2.41. The Morgan fingerprint density at radius 1 is 0.877 bits per heavy atom. The number of carbonyl (C=O) groups excluding carboxylic acids is 2. The van der Waals surface area contributed by atoms with Crippen molar-refractivity contribution in [2.24, 2.45) is 22.1 Å². The third-order valence-corrected chi connectivity index (χ3v) is 9.36. The number of thiophene rings is 1. The molecule has 0 aliphatic carbocycles. The van der Waals surface area contributed by atoms with Crippen molar-refractivity contribution in [3.8, 4) is 6.07 Å². The van der Waals surface area contributed by atoms with Gasteiger partial charge in [0.25, 0.3) is 0 Å². The zero-order valence-electron chi connectivity index (χ0n) is 32.8. The Hall–Kier alpha value is -5.46. The summed E-state index contributed by atoms with van der Waals surface area (Å²) in [4.78, 5) is 52.5. The number of rotatable bonds is 28. The van der Waals surface area contributed by atoms with Crippen molar-refractivity contribution in [2.75, 3.05) is 70.8 Å². The molecule has 1 aromatic heterocycles. The second-order valence-electron chi connectivity index (χ2n) is 12.5. The third-order valence-electron chi connectivity index (χ3n) is 8.29. The fourth-order valence-corrected chi connectivity index (χ4v) is 5.99. The molecule has 0 radical (unpaired) electrons. The molecule has 2 atom stereocenters. The van der Waals surface area contributed by atoms with Gasteiger partial charge in [0.1, 0.15) is 24.3 Å². The standard InChI is InChI=1S/C40H51N5O11S/c1-6-8-10-30(39(49)50)26-36(48)55-22-20-54-19-18-52-16-14-45(15-17-53-21-23-56-40(51)31(11-9-7-2)25-35(46)47)32-12-13-34(28(3)24-32)43-44-38-33(27-41)29(4)37(42-5)57-38/h6-9,12-13,24,30-31H,10-11,14-23,25-26H2,1-4H3,(H,46,47)(H,49,50)/b8-6+,9-7+,44-43?. The summed E-state index contributed by atoms with van der Waals surface area (Å²) in [5.74, 6) is -4.95. The van der Waals surface area contributed by atoms with Gasteiger partial charge in [0.2, 0.25) is 5.00 Å². The van der Waals surface area contributed by atoms with Gasteiger partial charge in [-0.05, 0) is 69.9 Å². The first-order chi connectivity index (χ1) is 27.4. The van der Waals surface area contributed by atoms with Crippen molar-refractivity contribution < 1.29 is 53.1 Å². The number of esters is 2. The summed E-state index contributed by atoms with van der Waals surface area (Å²) in [5.41, 5.74) is 3.15. The number of aryl methyl sites for hydroxylation is 1. The van der Waals surface area contributed by atoms with Crippen LogP contribution in [0.2, 0.25) is 0 Å². The molecule has 0 bridgehead atoms. The van der Waals surface area contributed by atoms with E-state index in [0.29, 0.717) is 46.5 Å². The van der Waals surface area contributed by atoms with Crippen LogP contribution in [0.15, 0.2) is 52.7 Å². The number of azo groups is 1. The number of hydrogen-bond donors (Lipinski definition) is 2. The average molecular weight is 810 g/mol. The van der Waals surface area contributed by atoms with E-state index in [-0.39, 0.29) is 71.9 Å². The lowest BCUT2D eigenvalue weighted by molar-refractivity contribution is -0.154. The highest BCUT2D eigenvalue weighted by molar-refractivity contribution is 7.20. The molecule has 0 saturated heterocycles. The smallest absolute Gasteiger partial charge is 0.309 e. The lowest BCUT2D eigenvalue weighted by atomic mass is 10.0. The molecule has 2 unspecified atom stereocenters. The van der Waals surface area contributed by atoms with Gasteiger partial charge in [0.05, 0.1) is 82.1 Å². The maximum absolute atomic E-state index is 12.4. The van der Waals surface area contributed by atoms with Crippen LogP contribution in [0.4, 0.5) is 21.4 Å². The summed E-state index contributed by atoms with van der Waals surface area (Å²) in [7, 11) is 0. The lowest BCUT2D eigenvalue weighted by Gasteiger charge is -2.25. The number of carbonyl (C=O) groups is 4. The number of carboxylic acid groups (broad SMARTS) is 2. The number of ether oxygens (including phenoxy) is 5. The van der Waals surface area contributed by atoms with E-state index in [2.05, 4.69) is 21.1 Å². The molecule has 2 aromatic rings. The molecule has 57 heavy (non-hydrogen) atoms. The maximum Gasteiger partial charge on any atom is 0.309 e. The molecular weight excluding hydrogens is 759 g/mol. The molecular formula is C40H51N5O11S. The van der Waals surface area contributed by atoms with E-state index in [4.69, 9.17) is 35.4 Å². The normalized spacial score (nSPS) is 12.4. The molecule has 0 saturated carbocycles. The van der Waals surface area contributed by atoms with Crippen LogP contribution >= 0.6 is 11.3 Å². The van der Waals surface area contributed by atoms with Gasteiger partial charge >= 0.3 is 23.9 Å². The summed E-state index contributed by atoms with van der Waals surface area (Å²) >= 11 is 1.12. The second kappa shape index (κ2) is 27.2. The van der Waals surface area contributed by atoms with Crippen molar-refractivity contribution in [1.29, 1.82) is 5.26 Å². The van der Waals surface area contributed by atoms with Crippen molar-refractivity contribution in [1.82, 2.24) is 0 Å². The molecule has 0 aliphatic rings. The van der Waals surface area contributed by atoms with E-state index in [9.17, 15) is 29.5 Å². The maximum atomic E-state index is 12.4. The molecule has 1 aromatic carbocycles. The Morgan fingerprint density at radius 2 is 1.47 bits per heavy atom. The van der Waals surface area contributed by atoms with Gasteiger partial charge in [-0.2, -0.15) is 5.26 Å². The summed E-state index contributed by atoms with van der Waals surface area (Å²) in [5, 5.41) is 37.3. The van der Waals surface area contributed by atoms with Crippen LogP contribution in [0.3, 0.4) is 0 Å². The Balaban J connectivity index is 1.95. The summed E-state index contributed by atoms with van der Waals surface area (Å²) in [6, 6.07) is 7.71. The van der Waals surface area contributed by atoms with E-state index in [1.807, 2.05) is 24.0 Å². The first kappa shape index (κ1) is 47.7. The minimum atomic E-state index is -1.08. The minimum absolute atomic E-state index is 0.00964. The van der Waals surface area contributed by atoms with Crippen LogP contribution in [-0.4, -0.2) is 100 Å². The molecule has 308 valence electrons. The summed E-state index contributed by atoms with van der Waals surface area (Å²) < 4.78 is 27.4. The Kier molecular flexibility index (Phi) is 22.8. The van der Waals surface area contributed by atoms with Crippen molar-refractivity contribution >= 4 is 56.6 Å². The number of anilines is 1. The minimum Gasteiger partial charge on any atom is -0.481 e. The monoisotopic (exact) mass is 809 g/mol. The fraction of sp³-hybridized carbons (Fsp3) is 0.500. The van der Waals surface area contributed by atoms with E-state index < -0.39 is 35.7 Å². The van der Waals surface area contributed by atoms with Crippen molar-refractivity contribution in [3.05, 3.63) is 70.6 Å². The van der Waals surface area contributed by atoms with Crippen LogP contribution in [0.1, 0.15) is 56.2 Å². The summed E-state index contributed by atoms with van der Waals surface area (Å²) in [6.07, 6.45) is 6.87. The van der Waals surface area contributed by atoms with Crippen LogP contribution in [-0.2, 0) is 42.9 Å². The molecule has 2 N–H and O–H groups in total. The number of hydrogen-bond acceptors (Lipinski definition) is 14. The third kappa shape index (κ3) is 17.9. The quantitative estimate of drug-likeness (QED) is 0.0285. The van der Waals surface area contributed by atoms with Crippen molar-refractivity contribution in [2.45, 2.75) is 53.4 Å². The molecule has 0 amide bonds. The predicted octanol–water partition coefficient (Wildman–Crippen LogP) is 7.26. The molecule has 17 heteroatoms. The number of carboxylic acids is 2. The summed E-state index contributed by atoms with van der Waals surface area (Å²) in [6.45, 7) is 16.7. The highest BCUT2D eigenvalue weighted by Gasteiger charge is 2.23. The van der Waals surface area contributed by atoms with E-state index in [1.165, 1.54) is 0 Å². The topological polar surface area (TPSA) is 211 Å². The van der Waals surface area contributed by atoms with Crippen LogP contribution in [0, 0.1) is 43.6 Å². The largest absolute Gasteiger partial charge is 0.481 e. The predicted molar refractivity (Wildman–Crippen MR) is 212 cm³/mol. The number of aliphatic carboxylic acids is 2. The van der Waals surface area contributed by atoms with Gasteiger partial charge in [-0.25, -0.2) is 4.85 Å². The second-order valence-corrected chi connectivity index (χ2v) is 13.4. The number of benzene rings is 1. The van der Waals surface area contributed by atoms with Crippen molar-refractivity contribution in [3.63, 3.8) is 0 Å². The van der Waals surface area contributed by atoms with Gasteiger partial charge in [-0.3, -0.25) is 19.2 Å². The van der Waals surface area contributed by atoms with Gasteiger partial charge in [0, 0.05) is 18.8 Å². The Morgan fingerprint density at radius 3 is 2.04 bits per heavy atom. The average Bonchev–Trinajstić information content (AvgIpc) is 3.50. The number of allylic oxidation sites excluding steroid dienone is 4. The Bertz CT molecular complexity index is 1790. The SMILES string of the molecule is [C-]#[N+]c1sc(N=Nc2ccc(N(CCOCCOCCOC(=O)CC(C/C=C/C)C(=O)O)CCOCCOC(=O)C(C/C=C/C)CC(=O)O)cc2C)c(C#N)c1C. The van der Waals surface area contributed by atoms with Gasteiger partial charge < -0.3 is 38.8 Å². The first-order valence-corrected chi connectivity index (χ1v) is 19.2. The molecule has 0 fully saturated rings. The number of nitriles is 1.